The van der Waals surface area contributed by atoms with Gasteiger partial charge in [0.1, 0.15) is 5.75 Å². The molecule has 1 N–H and O–H groups in total. The molecular formula is C26H38N2O3. The SMILES string of the molecule is CCCCN(CC(C)C)C(=O)Cc1c(C2CCCCC2)c(=O)[nH]c2cc(OC)ccc12. The third-order valence-corrected chi connectivity index (χ3v) is 6.43. The van der Waals surface area contributed by atoms with Crippen LogP contribution in [0.3, 0.4) is 0 Å². The number of hydrogen-bond acceptors (Lipinski definition) is 3. The van der Waals surface area contributed by atoms with E-state index in [0.29, 0.717) is 11.7 Å². The molecular weight excluding hydrogens is 388 g/mol. The number of amides is 1. The van der Waals surface area contributed by atoms with Crippen molar-refractivity contribution in [3.05, 3.63) is 39.7 Å². The Labute approximate surface area is 186 Å². The molecule has 3 rings (SSSR count). The van der Waals surface area contributed by atoms with Crippen LogP contribution in [-0.4, -0.2) is 36.0 Å². The zero-order chi connectivity index (χ0) is 22.4. The number of aromatic amines is 1. The van der Waals surface area contributed by atoms with Gasteiger partial charge in [0.25, 0.3) is 5.56 Å². The van der Waals surface area contributed by atoms with E-state index >= 15 is 0 Å². The lowest BCUT2D eigenvalue weighted by Gasteiger charge is -2.27. The minimum Gasteiger partial charge on any atom is -0.497 e. The van der Waals surface area contributed by atoms with Gasteiger partial charge >= 0.3 is 0 Å². The van der Waals surface area contributed by atoms with Crippen LogP contribution in [0.4, 0.5) is 0 Å². The fourth-order valence-electron chi connectivity index (χ4n) is 4.87. The van der Waals surface area contributed by atoms with Crippen molar-refractivity contribution in [3.8, 4) is 5.75 Å². The molecule has 1 aliphatic carbocycles. The fraction of sp³-hybridized carbons (Fsp3) is 0.615. The quantitative estimate of drug-likeness (QED) is 0.583. The molecule has 1 aromatic heterocycles. The lowest BCUT2D eigenvalue weighted by molar-refractivity contribution is -0.131. The number of methoxy groups -OCH3 is 1. The maximum absolute atomic E-state index is 13.5. The van der Waals surface area contributed by atoms with E-state index in [1.165, 1.54) is 6.42 Å². The van der Waals surface area contributed by atoms with E-state index in [0.717, 1.165) is 73.6 Å². The zero-order valence-electron chi connectivity index (χ0n) is 19.6. The van der Waals surface area contributed by atoms with Gasteiger partial charge in [-0.2, -0.15) is 0 Å². The number of fused-ring (bicyclic) bond motifs is 1. The van der Waals surface area contributed by atoms with Crippen LogP contribution in [0.1, 0.15) is 82.8 Å². The number of nitrogens with one attached hydrogen (secondary N) is 1. The summed E-state index contributed by atoms with van der Waals surface area (Å²) in [6, 6.07) is 5.78. The predicted octanol–water partition coefficient (Wildman–Crippen LogP) is 5.41. The fourth-order valence-corrected chi connectivity index (χ4v) is 4.87. The van der Waals surface area contributed by atoms with Crippen molar-refractivity contribution in [1.82, 2.24) is 9.88 Å². The number of ether oxygens (including phenoxy) is 1. The zero-order valence-corrected chi connectivity index (χ0v) is 19.6. The minimum atomic E-state index is -0.0422. The van der Waals surface area contributed by atoms with Gasteiger partial charge in [0.05, 0.1) is 19.0 Å². The monoisotopic (exact) mass is 426 g/mol. The van der Waals surface area contributed by atoms with Gasteiger partial charge in [-0.25, -0.2) is 0 Å². The summed E-state index contributed by atoms with van der Waals surface area (Å²) in [5.41, 5.74) is 2.46. The Bertz CT molecular complexity index is 942. The highest BCUT2D eigenvalue weighted by Gasteiger charge is 2.26. The van der Waals surface area contributed by atoms with Crippen LogP contribution < -0.4 is 10.3 Å². The molecule has 1 amide bonds. The Morgan fingerprint density at radius 2 is 1.97 bits per heavy atom. The van der Waals surface area contributed by atoms with E-state index in [2.05, 4.69) is 25.8 Å². The molecule has 2 aromatic rings. The highest BCUT2D eigenvalue weighted by atomic mass is 16.5. The van der Waals surface area contributed by atoms with Crippen LogP contribution in [0.15, 0.2) is 23.0 Å². The first kappa shape index (κ1) is 23.4. The lowest BCUT2D eigenvalue weighted by Crippen LogP contribution is -2.37. The van der Waals surface area contributed by atoms with E-state index in [1.807, 2.05) is 23.1 Å². The molecule has 0 atom stereocenters. The number of aromatic nitrogens is 1. The Morgan fingerprint density at radius 1 is 1.23 bits per heavy atom. The molecule has 1 heterocycles. The van der Waals surface area contributed by atoms with Gasteiger partial charge in [-0.05, 0) is 48.8 Å². The van der Waals surface area contributed by atoms with Gasteiger partial charge in [0.15, 0.2) is 0 Å². The average Bonchev–Trinajstić information content (AvgIpc) is 2.76. The Hall–Kier alpha value is -2.30. The maximum atomic E-state index is 13.5. The number of nitrogens with zero attached hydrogens (tertiary/aromatic N) is 1. The molecule has 5 heteroatoms. The van der Waals surface area contributed by atoms with Crippen LogP contribution in [-0.2, 0) is 11.2 Å². The van der Waals surface area contributed by atoms with Crippen molar-refractivity contribution < 1.29 is 9.53 Å². The molecule has 0 unspecified atom stereocenters. The van der Waals surface area contributed by atoms with Crippen molar-refractivity contribution in [3.63, 3.8) is 0 Å². The van der Waals surface area contributed by atoms with Crippen LogP contribution in [0.2, 0.25) is 0 Å². The number of H-pyrrole nitrogens is 1. The summed E-state index contributed by atoms with van der Waals surface area (Å²) in [6.45, 7) is 7.98. The molecule has 5 nitrogen and oxygen atoms in total. The van der Waals surface area contributed by atoms with Gasteiger partial charge in [-0.3, -0.25) is 9.59 Å². The molecule has 0 aliphatic heterocycles. The number of hydrogen-bond donors (Lipinski definition) is 1. The van der Waals surface area contributed by atoms with Crippen molar-refractivity contribution in [2.75, 3.05) is 20.2 Å². The van der Waals surface area contributed by atoms with Crippen molar-refractivity contribution in [2.45, 2.75) is 78.1 Å². The summed E-state index contributed by atoms with van der Waals surface area (Å²) >= 11 is 0. The van der Waals surface area contributed by atoms with Gasteiger partial charge < -0.3 is 14.6 Å². The normalized spacial score (nSPS) is 14.9. The summed E-state index contributed by atoms with van der Waals surface area (Å²) < 4.78 is 5.36. The van der Waals surface area contributed by atoms with Crippen LogP contribution in [0.5, 0.6) is 5.75 Å². The summed E-state index contributed by atoms with van der Waals surface area (Å²) in [4.78, 5) is 31.8. The summed E-state index contributed by atoms with van der Waals surface area (Å²) in [6.07, 6.45) is 7.92. The summed E-state index contributed by atoms with van der Waals surface area (Å²) in [7, 11) is 1.62. The number of carbonyl (C=O) groups is 1. The van der Waals surface area contributed by atoms with Gasteiger partial charge in [-0.15, -0.1) is 0 Å². The van der Waals surface area contributed by atoms with Gasteiger partial charge in [0, 0.05) is 30.1 Å². The van der Waals surface area contributed by atoms with E-state index in [4.69, 9.17) is 4.74 Å². The first-order valence-corrected chi connectivity index (χ1v) is 11.9. The standard InChI is InChI=1S/C26H38N2O3/c1-5-6-14-28(17-18(2)3)24(29)16-22-21-13-12-20(31-4)15-23(21)27-26(30)25(22)19-10-8-7-9-11-19/h12-13,15,18-19H,5-11,14,16-17H2,1-4H3,(H,27,30). The second-order valence-electron chi connectivity index (χ2n) is 9.36. The predicted molar refractivity (Wildman–Crippen MR) is 127 cm³/mol. The largest absolute Gasteiger partial charge is 0.497 e. The Kier molecular flexibility index (Phi) is 8.16. The minimum absolute atomic E-state index is 0.0422. The Morgan fingerprint density at radius 3 is 2.61 bits per heavy atom. The first-order chi connectivity index (χ1) is 14.9. The third-order valence-electron chi connectivity index (χ3n) is 6.43. The molecule has 0 saturated heterocycles. The van der Waals surface area contributed by atoms with Crippen molar-refractivity contribution in [2.24, 2.45) is 5.92 Å². The topological polar surface area (TPSA) is 62.4 Å². The van der Waals surface area contributed by atoms with Crippen molar-refractivity contribution >= 4 is 16.8 Å². The van der Waals surface area contributed by atoms with E-state index in [-0.39, 0.29) is 23.8 Å². The highest BCUT2D eigenvalue weighted by Crippen LogP contribution is 2.35. The van der Waals surface area contributed by atoms with Crippen molar-refractivity contribution in [1.29, 1.82) is 0 Å². The molecule has 0 spiro atoms. The second kappa shape index (κ2) is 10.8. The summed E-state index contributed by atoms with van der Waals surface area (Å²) in [5, 5.41) is 0.967. The van der Waals surface area contributed by atoms with Gasteiger partial charge in [-0.1, -0.05) is 46.5 Å². The first-order valence-electron chi connectivity index (χ1n) is 11.9. The average molecular weight is 427 g/mol. The number of rotatable bonds is 9. The lowest BCUT2D eigenvalue weighted by atomic mass is 9.81. The highest BCUT2D eigenvalue weighted by molar-refractivity contribution is 5.90. The van der Waals surface area contributed by atoms with Crippen LogP contribution in [0.25, 0.3) is 10.9 Å². The Balaban J connectivity index is 2.06. The third kappa shape index (κ3) is 5.69. The second-order valence-corrected chi connectivity index (χ2v) is 9.36. The van der Waals surface area contributed by atoms with E-state index in [1.54, 1.807) is 7.11 Å². The maximum Gasteiger partial charge on any atom is 0.252 e. The van der Waals surface area contributed by atoms with Crippen LogP contribution >= 0.6 is 0 Å². The number of unbranched alkanes of at least 4 members (excludes halogenated alkanes) is 1. The summed E-state index contributed by atoms with van der Waals surface area (Å²) in [5.74, 6) is 1.48. The molecule has 1 aromatic carbocycles. The molecule has 0 bridgehead atoms. The molecule has 1 saturated carbocycles. The van der Waals surface area contributed by atoms with Crippen LogP contribution in [0, 0.1) is 5.92 Å². The molecule has 170 valence electrons. The molecule has 1 fully saturated rings. The molecule has 31 heavy (non-hydrogen) atoms. The van der Waals surface area contributed by atoms with Gasteiger partial charge in [0.2, 0.25) is 5.91 Å². The van der Waals surface area contributed by atoms with E-state index < -0.39 is 0 Å². The molecule has 0 radical (unpaired) electrons. The number of carbonyl (C=O) groups excluding carboxylic acids is 1. The smallest absolute Gasteiger partial charge is 0.252 e. The molecule has 1 aliphatic rings. The number of pyridine rings is 1. The van der Waals surface area contributed by atoms with E-state index in [9.17, 15) is 9.59 Å². The number of benzene rings is 1.